The number of aliphatic hydroxyl groups is 1. The van der Waals surface area contributed by atoms with Crippen LogP contribution in [-0.4, -0.2) is 22.0 Å². The predicted molar refractivity (Wildman–Crippen MR) is 78.0 cm³/mol. The summed E-state index contributed by atoms with van der Waals surface area (Å²) in [5, 5.41) is 23.3. The molecule has 0 saturated carbocycles. The van der Waals surface area contributed by atoms with E-state index in [1.807, 2.05) is 0 Å². The van der Waals surface area contributed by atoms with Gasteiger partial charge in [0, 0.05) is 5.92 Å². The summed E-state index contributed by atoms with van der Waals surface area (Å²) in [4.78, 5) is 8.36. The van der Waals surface area contributed by atoms with Crippen molar-refractivity contribution in [1.29, 1.82) is 0 Å². The van der Waals surface area contributed by atoms with Gasteiger partial charge in [0.15, 0.2) is 0 Å². The van der Waals surface area contributed by atoms with Crippen LogP contribution in [0.5, 0.6) is 0 Å². The van der Waals surface area contributed by atoms with E-state index in [4.69, 9.17) is 15.3 Å². The second kappa shape index (κ2) is 6.85. The van der Waals surface area contributed by atoms with Gasteiger partial charge in [0.25, 0.3) is 5.09 Å². The zero-order valence-electron chi connectivity index (χ0n) is 11.5. The van der Waals surface area contributed by atoms with E-state index in [9.17, 15) is 5.11 Å². The lowest BCUT2D eigenvalue weighted by Gasteiger charge is -2.17. The van der Waals surface area contributed by atoms with Crippen molar-refractivity contribution < 1.29 is 15.4 Å². The first-order chi connectivity index (χ1) is 10.1. The summed E-state index contributed by atoms with van der Waals surface area (Å²) in [6.07, 6.45) is 2.15. The van der Waals surface area contributed by atoms with Crippen molar-refractivity contribution in [1.82, 2.24) is 0 Å². The molecule has 2 aromatic rings. The van der Waals surface area contributed by atoms with Crippen LogP contribution < -0.4 is 0 Å². The predicted octanol–water partition coefficient (Wildman–Crippen LogP) is 2.56. The third-order valence-corrected chi connectivity index (χ3v) is 3.71. The van der Waals surface area contributed by atoms with Gasteiger partial charge < -0.3 is 10.3 Å². The Morgan fingerprint density at radius 3 is 1.76 bits per heavy atom. The second-order valence-electron chi connectivity index (χ2n) is 4.87. The van der Waals surface area contributed by atoms with Gasteiger partial charge in [-0.15, -0.1) is 10.1 Å². The Bertz CT molecular complexity index is 576. The van der Waals surface area contributed by atoms with Crippen LogP contribution in [-0.2, 0) is 12.8 Å². The number of hydrogen-bond acceptors (Lipinski definition) is 3. The van der Waals surface area contributed by atoms with Crippen molar-refractivity contribution in [2.75, 3.05) is 6.61 Å². The van der Waals surface area contributed by atoms with Gasteiger partial charge in [-0.05, 0) is 35.1 Å². The zero-order chi connectivity index (χ0) is 15.2. The number of rotatable bonds is 1. The molecule has 0 aliphatic heterocycles. The molecule has 1 aliphatic rings. The first-order valence-electron chi connectivity index (χ1n) is 6.73. The van der Waals surface area contributed by atoms with Crippen LogP contribution in [0.2, 0.25) is 0 Å². The molecule has 0 unspecified atom stereocenters. The lowest BCUT2D eigenvalue weighted by Crippen LogP contribution is -2.07. The molecule has 2 aromatic carbocycles. The lowest BCUT2D eigenvalue weighted by atomic mass is 9.89. The van der Waals surface area contributed by atoms with Crippen LogP contribution in [0.25, 0.3) is 0 Å². The molecule has 0 radical (unpaired) electrons. The molecule has 0 amide bonds. The fourth-order valence-electron chi connectivity index (χ4n) is 2.84. The summed E-state index contributed by atoms with van der Waals surface area (Å²) >= 11 is 0. The summed E-state index contributed by atoms with van der Waals surface area (Å²) < 4.78 is 0. The molecule has 0 saturated heterocycles. The Balaban J connectivity index is 0.000000361. The fourth-order valence-corrected chi connectivity index (χ4v) is 2.84. The highest BCUT2D eigenvalue weighted by molar-refractivity contribution is 5.44. The number of hydrogen-bond donors (Lipinski definition) is 2. The Kier molecular flexibility index (Phi) is 4.90. The molecule has 1 aliphatic carbocycles. The van der Waals surface area contributed by atoms with E-state index < -0.39 is 5.09 Å². The van der Waals surface area contributed by atoms with Crippen LogP contribution in [0.15, 0.2) is 48.5 Å². The van der Waals surface area contributed by atoms with Crippen molar-refractivity contribution >= 4 is 0 Å². The molecule has 0 heterocycles. The van der Waals surface area contributed by atoms with Gasteiger partial charge in [0.1, 0.15) is 0 Å². The maximum absolute atomic E-state index is 9.71. The highest BCUT2D eigenvalue weighted by Crippen LogP contribution is 2.33. The highest BCUT2D eigenvalue weighted by atomic mass is 16.9. The van der Waals surface area contributed by atoms with Crippen molar-refractivity contribution in [3.63, 3.8) is 0 Å². The molecule has 0 spiro atoms. The van der Waals surface area contributed by atoms with E-state index >= 15 is 0 Å². The van der Waals surface area contributed by atoms with Gasteiger partial charge >= 0.3 is 0 Å². The van der Waals surface area contributed by atoms with Gasteiger partial charge in [-0.25, -0.2) is 0 Å². The van der Waals surface area contributed by atoms with Crippen molar-refractivity contribution in [2.24, 2.45) is 0 Å². The Morgan fingerprint density at radius 1 is 1.00 bits per heavy atom. The smallest absolute Gasteiger partial charge is 0.291 e. The van der Waals surface area contributed by atoms with Crippen LogP contribution in [0.4, 0.5) is 0 Å². The lowest BCUT2D eigenvalue weighted by molar-refractivity contribution is -0.742. The average molecular weight is 287 g/mol. The van der Waals surface area contributed by atoms with Crippen molar-refractivity contribution in [3.05, 3.63) is 80.9 Å². The van der Waals surface area contributed by atoms with E-state index in [-0.39, 0.29) is 12.5 Å². The Hall–Kier alpha value is -2.40. The molecule has 0 aromatic heterocycles. The second-order valence-corrected chi connectivity index (χ2v) is 4.87. The van der Waals surface area contributed by atoms with E-state index in [1.54, 1.807) is 0 Å². The molecule has 0 bridgehead atoms. The molecule has 0 atom stereocenters. The monoisotopic (exact) mass is 287 g/mol. The van der Waals surface area contributed by atoms with Crippen LogP contribution in [0.1, 0.15) is 28.2 Å². The minimum atomic E-state index is -1.50. The average Bonchev–Trinajstić information content (AvgIpc) is 2.63. The summed E-state index contributed by atoms with van der Waals surface area (Å²) in [7, 11) is 0. The third kappa shape index (κ3) is 3.58. The first-order valence-corrected chi connectivity index (χ1v) is 6.73. The number of fused-ring (bicyclic) bond motifs is 2. The van der Waals surface area contributed by atoms with E-state index in [1.165, 1.54) is 22.3 Å². The molecule has 3 rings (SSSR count). The van der Waals surface area contributed by atoms with Gasteiger partial charge in [-0.3, -0.25) is 0 Å². The number of benzene rings is 2. The number of aryl methyl sites for hydroxylation is 2. The number of nitrogens with zero attached hydrogens (tertiary/aromatic N) is 1. The van der Waals surface area contributed by atoms with E-state index in [2.05, 4.69) is 48.5 Å². The normalized spacial score (nSPS) is 13.2. The summed E-state index contributed by atoms with van der Waals surface area (Å²) in [5.74, 6) is 0.143. The Morgan fingerprint density at radius 2 is 1.38 bits per heavy atom. The Labute approximate surface area is 122 Å². The third-order valence-electron chi connectivity index (χ3n) is 3.71. The largest absolute Gasteiger partial charge is 0.395 e. The van der Waals surface area contributed by atoms with Crippen LogP contribution >= 0.6 is 0 Å². The minimum Gasteiger partial charge on any atom is -0.395 e. The molecule has 21 heavy (non-hydrogen) atoms. The molecular weight excluding hydrogens is 270 g/mol. The molecular formula is C16H17NO4. The van der Waals surface area contributed by atoms with Gasteiger partial charge in [-0.2, -0.15) is 0 Å². The summed E-state index contributed by atoms with van der Waals surface area (Å²) in [5.41, 5.74) is 5.34. The fraction of sp³-hybridized carbons (Fsp3) is 0.250. The summed E-state index contributed by atoms with van der Waals surface area (Å²) in [6, 6.07) is 17.0. The van der Waals surface area contributed by atoms with Gasteiger partial charge in [-0.1, -0.05) is 48.5 Å². The molecule has 110 valence electrons. The maximum Gasteiger partial charge on any atom is 0.291 e. The quantitative estimate of drug-likeness (QED) is 0.623. The molecule has 2 N–H and O–H groups in total. The van der Waals surface area contributed by atoms with Crippen molar-refractivity contribution in [3.8, 4) is 0 Å². The van der Waals surface area contributed by atoms with Crippen LogP contribution in [0.3, 0.4) is 0 Å². The van der Waals surface area contributed by atoms with Crippen molar-refractivity contribution in [2.45, 2.75) is 18.8 Å². The highest BCUT2D eigenvalue weighted by Gasteiger charge is 2.21. The topological polar surface area (TPSA) is 83.6 Å². The van der Waals surface area contributed by atoms with Gasteiger partial charge in [0.2, 0.25) is 0 Å². The zero-order valence-corrected chi connectivity index (χ0v) is 11.5. The molecule has 5 nitrogen and oxygen atoms in total. The minimum absolute atomic E-state index is 0.143. The van der Waals surface area contributed by atoms with E-state index in [0.717, 1.165) is 12.8 Å². The standard InChI is InChI=1S/C16H16O.HNO3/c17-11-16-14-7-3-1-5-12(14)9-10-13-6-2-4-8-15(13)16;2-1(3)4/h1-8,16-17H,9-11H2;(H,2,3,4). The SMILES string of the molecule is O=[N+]([O-])O.OCC1c2ccccc2CCc2ccccc21. The van der Waals surface area contributed by atoms with E-state index in [0.29, 0.717) is 0 Å². The van der Waals surface area contributed by atoms with Crippen LogP contribution in [0, 0.1) is 10.1 Å². The molecule has 5 heteroatoms. The first kappa shape index (κ1) is 15.0. The molecule has 0 fully saturated rings. The van der Waals surface area contributed by atoms with Gasteiger partial charge in [0.05, 0.1) is 6.61 Å². The maximum atomic E-state index is 9.71. The number of aliphatic hydroxyl groups excluding tert-OH is 1. The summed E-state index contributed by atoms with van der Waals surface area (Å²) in [6.45, 7) is 0.189.